The normalized spacial score (nSPS) is 40.1. The summed E-state index contributed by atoms with van der Waals surface area (Å²) in [5.74, 6) is -1.91. The Bertz CT molecular complexity index is 437. The predicted molar refractivity (Wildman–Crippen MR) is 67.7 cm³/mol. The van der Waals surface area contributed by atoms with Crippen LogP contribution in [0.1, 0.15) is 19.8 Å². The second-order valence-corrected chi connectivity index (χ2v) is 5.12. The lowest BCUT2D eigenvalue weighted by molar-refractivity contribution is -0.154. The lowest BCUT2D eigenvalue weighted by atomic mass is 9.91. The number of rotatable bonds is 6. The van der Waals surface area contributed by atoms with Crippen molar-refractivity contribution in [1.82, 2.24) is 5.32 Å². The number of carbonyl (C=O) groups is 2. The minimum absolute atomic E-state index is 0.0752. The topological polar surface area (TPSA) is 119 Å². The first-order valence-corrected chi connectivity index (χ1v) is 6.65. The van der Waals surface area contributed by atoms with Crippen molar-refractivity contribution in [1.29, 1.82) is 0 Å². The Balaban J connectivity index is 2.01. The molecule has 1 amide bonds. The Kier molecular flexibility index (Phi) is 4.24. The van der Waals surface area contributed by atoms with E-state index in [1.807, 2.05) is 6.92 Å². The van der Waals surface area contributed by atoms with E-state index in [1.165, 1.54) is 6.08 Å². The standard InChI is InChI=1S/C13H19NO6/c1-2-3-8-9(20-8)4-5-10(16)13(19)11(17)7(6-15)14-12(13)18/h4-5,7-9,11,15,17,19H,2-3,6H2,1H3,(H,14,18)/b5-4+/t7-,8?,9?,11-,13+/m0/s1. The average molecular weight is 285 g/mol. The quantitative estimate of drug-likeness (QED) is 0.261. The molecule has 0 aromatic heterocycles. The molecule has 0 spiro atoms. The Morgan fingerprint density at radius 2 is 2.25 bits per heavy atom. The van der Waals surface area contributed by atoms with Crippen molar-refractivity contribution in [2.24, 2.45) is 0 Å². The molecule has 20 heavy (non-hydrogen) atoms. The van der Waals surface area contributed by atoms with Gasteiger partial charge in [0.15, 0.2) is 5.78 Å². The zero-order valence-electron chi connectivity index (χ0n) is 11.2. The molecule has 0 radical (unpaired) electrons. The summed E-state index contributed by atoms with van der Waals surface area (Å²) in [7, 11) is 0. The lowest BCUT2D eigenvalue weighted by Gasteiger charge is -2.21. The predicted octanol–water partition coefficient (Wildman–Crippen LogP) is -1.74. The van der Waals surface area contributed by atoms with Gasteiger partial charge in [0.2, 0.25) is 5.60 Å². The smallest absolute Gasteiger partial charge is 0.263 e. The third kappa shape index (κ3) is 2.49. The highest BCUT2D eigenvalue weighted by Crippen LogP contribution is 2.28. The number of ketones is 1. The molecular formula is C13H19NO6. The van der Waals surface area contributed by atoms with E-state index in [1.54, 1.807) is 0 Å². The zero-order chi connectivity index (χ0) is 14.9. The van der Waals surface area contributed by atoms with Gasteiger partial charge in [0.05, 0.1) is 18.8 Å². The highest BCUT2D eigenvalue weighted by molar-refractivity contribution is 6.16. The number of hydrogen-bond donors (Lipinski definition) is 4. The SMILES string of the molecule is CCCC1OC1/C=C/C(=O)[C@]1(O)C(=O)N[C@@H](CO)[C@@H]1O. The largest absolute Gasteiger partial charge is 0.394 e. The van der Waals surface area contributed by atoms with Crippen LogP contribution in [0.25, 0.3) is 0 Å². The van der Waals surface area contributed by atoms with Gasteiger partial charge in [-0.15, -0.1) is 0 Å². The van der Waals surface area contributed by atoms with Crippen LogP contribution in [0.15, 0.2) is 12.2 Å². The van der Waals surface area contributed by atoms with E-state index in [0.717, 1.165) is 18.9 Å². The Morgan fingerprint density at radius 3 is 2.80 bits per heavy atom. The monoisotopic (exact) mass is 285 g/mol. The third-order valence-corrected chi connectivity index (χ3v) is 3.68. The molecule has 0 saturated carbocycles. The summed E-state index contributed by atoms with van der Waals surface area (Å²) in [4.78, 5) is 23.6. The summed E-state index contributed by atoms with van der Waals surface area (Å²) < 4.78 is 5.28. The van der Waals surface area contributed by atoms with Crippen LogP contribution in [0.5, 0.6) is 0 Å². The fourth-order valence-electron chi connectivity index (χ4n) is 2.34. The number of amides is 1. The van der Waals surface area contributed by atoms with Crippen LogP contribution in [-0.2, 0) is 14.3 Å². The van der Waals surface area contributed by atoms with E-state index in [4.69, 9.17) is 9.84 Å². The van der Waals surface area contributed by atoms with Gasteiger partial charge in [0.25, 0.3) is 5.91 Å². The molecule has 0 aliphatic carbocycles. The van der Waals surface area contributed by atoms with E-state index < -0.39 is 36.0 Å². The molecule has 0 aromatic rings. The Morgan fingerprint density at radius 1 is 1.55 bits per heavy atom. The Hall–Kier alpha value is -1.28. The minimum Gasteiger partial charge on any atom is -0.394 e. The van der Waals surface area contributed by atoms with Gasteiger partial charge in [-0.2, -0.15) is 0 Å². The van der Waals surface area contributed by atoms with Crippen LogP contribution in [0.4, 0.5) is 0 Å². The number of hydrogen-bond acceptors (Lipinski definition) is 6. The van der Waals surface area contributed by atoms with Crippen molar-refractivity contribution in [3.8, 4) is 0 Å². The molecule has 2 saturated heterocycles. The average Bonchev–Trinajstić information content (AvgIpc) is 3.13. The maximum absolute atomic E-state index is 12.0. The second-order valence-electron chi connectivity index (χ2n) is 5.12. The molecule has 2 fully saturated rings. The molecule has 2 aliphatic rings. The van der Waals surface area contributed by atoms with Crippen LogP contribution in [0, 0.1) is 0 Å². The van der Waals surface area contributed by atoms with Gasteiger partial charge in [-0.3, -0.25) is 9.59 Å². The number of ether oxygens (including phenoxy) is 1. The molecule has 7 nitrogen and oxygen atoms in total. The molecule has 7 heteroatoms. The van der Waals surface area contributed by atoms with Crippen molar-refractivity contribution < 1.29 is 29.6 Å². The van der Waals surface area contributed by atoms with Crippen molar-refractivity contribution in [2.45, 2.75) is 49.7 Å². The summed E-state index contributed by atoms with van der Waals surface area (Å²) in [5, 5.41) is 31.0. The van der Waals surface area contributed by atoms with Crippen molar-refractivity contribution in [3.63, 3.8) is 0 Å². The van der Waals surface area contributed by atoms with Crippen LogP contribution in [-0.4, -0.2) is 63.6 Å². The number of nitrogens with one attached hydrogen (secondary N) is 1. The second kappa shape index (κ2) is 5.61. The van der Waals surface area contributed by atoms with E-state index in [0.29, 0.717) is 0 Å². The van der Waals surface area contributed by atoms with Crippen LogP contribution in [0.2, 0.25) is 0 Å². The molecule has 4 N–H and O–H groups in total. The van der Waals surface area contributed by atoms with Crippen molar-refractivity contribution >= 4 is 11.7 Å². The molecule has 0 bridgehead atoms. The summed E-state index contributed by atoms with van der Waals surface area (Å²) >= 11 is 0. The molecule has 2 rings (SSSR count). The number of aliphatic hydroxyl groups excluding tert-OH is 2. The molecule has 2 heterocycles. The third-order valence-electron chi connectivity index (χ3n) is 3.68. The fraction of sp³-hybridized carbons (Fsp3) is 0.692. The maximum atomic E-state index is 12.0. The van der Waals surface area contributed by atoms with Gasteiger partial charge >= 0.3 is 0 Å². The van der Waals surface area contributed by atoms with Gasteiger partial charge in [0.1, 0.15) is 12.2 Å². The number of aliphatic hydroxyl groups is 3. The molecule has 112 valence electrons. The maximum Gasteiger partial charge on any atom is 0.263 e. The molecule has 0 aromatic carbocycles. The van der Waals surface area contributed by atoms with Gasteiger partial charge in [-0.25, -0.2) is 0 Å². The van der Waals surface area contributed by atoms with Gasteiger partial charge in [-0.05, 0) is 18.6 Å². The lowest BCUT2D eigenvalue weighted by Crippen LogP contribution is -2.52. The fourth-order valence-corrected chi connectivity index (χ4v) is 2.34. The van der Waals surface area contributed by atoms with Crippen molar-refractivity contribution in [2.75, 3.05) is 6.61 Å². The highest BCUT2D eigenvalue weighted by Gasteiger charge is 2.58. The van der Waals surface area contributed by atoms with Crippen molar-refractivity contribution in [3.05, 3.63) is 12.2 Å². The van der Waals surface area contributed by atoms with E-state index in [-0.39, 0.29) is 12.2 Å². The van der Waals surface area contributed by atoms with E-state index in [2.05, 4.69) is 5.32 Å². The van der Waals surface area contributed by atoms with Crippen LogP contribution < -0.4 is 5.32 Å². The summed E-state index contributed by atoms with van der Waals surface area (Å²) in [5.41, 5.74) is -2.54. The number of epoxide rings is 1. The van der Waals surface area contributed by atoms with Gasteiger partial charge in [0, 0.05) is 0 Å². The summed E-state index contributed by atoms with van der Waals surface area (Å²) in [6.45, 7) is 1.46. The van der Waals surface area contributed by atoms with Gasteiger partial charge < -0.3 is 25.4 Å². The molecule has 2 aliphatic heterocycles. The molecular weight excluding hydrogens is 266 g/mol. The summed E-state index contributed by atoms with van der Waals surface area (Å²) in [6, 6.07) is -1.05. The van der Waals surface area contributed by atoms with Crippen LogP contribution >= 0.6 is 0 Å². The van der Waals surface area contributed by atoms with Crippen LogP contribution in [0.3, 0.4) is 0 Å². The summed E-state index contributed by atoms with van der Waals surface area (Å²) in [6.07, 6.45) is 2.60. The highest BCUT2D eigenvalue weighted by atomic mass is 16.6. The number of carbonyl (C=O) groups excluding carboxylic acids is 2. The van der Waals surface area contributed by atoms with E-state index >= 15 is 0 Å². The minimum atomic E-state index is -2.54. The Labute approximate surface area is 116 Å². The van der Waals surface area contributed by atoms with E-state index in [9.17, 15) is 19.8 Å². The first kappa shape index (κ1) is 15.1. The first-order chi connectivity index (χ1) is 9.44. The zero-order valence-corrected chi connectivity index (χ0v) is 11.2. The first-order valence-electron chi connectivity index (χ1n) is 6.65. The molecule has 5 atom stereocenters. The van der Waals surface area contributed by atoms with Gasteiger partial charge in [-0.1, -0.05) is 13.3 Å². The molecule has 2 unspecified atom stereocenters.